The molecule has 0 unspecified atom stereocenters. The molecule has 0 N–H and O–H groups in total. The Morgan fingerprint density at radius 2 is 1.57 bits per heavy atom. The largest absolute Gasteiger partial charge is 0.344 e. The third-order valence-electron chi connectivity index (χ3n) is 4.60. The minimum atomic E-state index is 0. The molecule has 0 atom stereocenters. The van der Waals surface area contributed by atoms with Crippen LogP contribution < -0.4 is 0 Å². The van der Waals surface area contributed by atoms with E-state index in [0.717, 1.165) is 25.6 Å². The Morgan fingerprint density at radius 1 is 0.957 bits per heavy atom. The SMILES string of the molecule is CN1CCN(C)C1=NCC(C)(C)c1ccc2ccccc2c1.I. The molecular formula is C19H26IN3. The van der Waals surface area contributed by atoms with Gasteiger partial charge in [-0.2, -0.15) is 0 Å². The first kappa shape index (κ1) is 18.0. The van der Waals surface area contributed by atoms with Gasteiger partial charge in [-0.15, -0.1) is 24.0 Å². The van der Waals surface area contributed by atoms with Crippen LogP contribution in [0.3, 0.4) is 0 Å². The second-order valence-electron chi connectivity index (χ2n) is 6.91. The first-order valence-electron chi connectivity index (χ1n) is 7.93. The Bertz CT molecular complexity index is 697. The maximum absolute atomic E-state index is 4.88. The number of nitrogens with zero attached hydrogens (tertiary/aromatic N) is 3. The molecule has 0 aliphatic carbocycles. The van der Waals surface area contributed by atoms with Crippen LogP contribution in [0.5, 0.6) is 0 Å². The normalized spacial score (nSPS) is 15.0. The van der Waals surface area contributed by atoms with Gasteiger partial charge >= 0.3 is 0 Å². The highest BCUT2D eigenvalue weighted by atomic mass is 127. The van der Waals surface area contributed by atoms with Gasteiger partial charge in [0, 0.05) is 32.6 Å². The van der Waals surface area contributed by atoms with E-state index in [-0.39, 0.29) is 29.4 Å². The molecule has 1 saturated heterocycles. The molecule has 23 heavy (non-hydrogen) atoms. The van der Waals surface area contributed by atoms with E-state index in [1.807, 2.05) is 0 Å². The van der Waals surface area contributed by atoms with Crippen molar-refractivity contribution in [2.45, 2.75) is 19.3 Å². The van der Waals surface area contributed by atoms with Crippen molar-refractivity contribution >= 4 is 40.7 Å². The zero-order valence-electron chi connectivity index (χ0n) is 14.4. The van der Waals surface area contributed by atoms with E-state index in [1.54, 1.807) is 0 Å². The summed E-state index contributed by atoms with van der Waals surface area (Å²) in [6, 6.07) is 15.3. The Balaban J connectivity index is 0.00000192. The number of benzene rings is 2. The van der Waals surface area contributed by atoms with Gasteiger partial charge in [0.15, 0.2) is 5.96 Å². The average molecular weight is 423 g/mol. The summed E-state index contributed by atoms with van der Waals surface area (Å²) in [5.41, 5.74) is 1.38. The van der Waals surface area contributed by atoms with Crippen LogP contribution in [-0.2, 0) is 5.41 Å². The molecule has 1 aliphatic rings. The zero-order valence-corrected chi connectivity index (χ0v) is 16.7. The van der Waals surface area contributed by atoms with Crippen LogP contribution in [0.4, 0.5) is 0 Å². The lowest BCUT2D eigenvalue weighted by Crippen LogP contribution is -2.31. The quantitative estimate of drug-likeness (QED) is 0.696. The Kier molecular flexibility index (Phi) is 5.55. The fraction of sp³-hybridized carbons (Fsp3) is 0.421. The number of aliphatic imine (C=N–C) groups is 1. The minimum Gasteiger partial charge on any atom is -0.344 e. The molecule has 0 bridgehead atoms. The standard InChI is InChI=1S/C19H25N3.HI/c1-19(2,14-20-18-21(3)11-12-22(18)4)17-10-9-15-7-5-6-8-16(15)13-17;/h5-10,13H,11-12,14H2,1-4H3;1H. The van der Waals surface area contributed by atoms with Gasteiger partial charge < -0.3 is 9.80 Å². The second kappa shape index (κ2) is 7.07. The number of hydrogen-bond acceptors (Lipinski definition) is 1. The molecule has 0 aromatic heterocycles. The van der Waals surface area contributed by atoms with Gasteiger partial charge in [0.25, 0.3) is 0 Å². The molecule has 3 nitrogen and oxygen atoms in total. The van der Waals surface area contributed by atoms with Gasteiger partial charge in [0.2, 0.25) is 0 Å². The molecule has 1 heterocycles. The number of halogens is 1. The first-order valence-corrected chi connectivity index (χ1v) is 7.93. The van der Waals surface area contributed by atoms with E-state index >= 15 is 0 Å². The van der Waals surface area contributed by atoms with Gasteiger partial charge in [0.1, 0.15) is 0 Å². The lowest BCUT2D eigenvalue weighted by Gasteiger charge is -2.25. The van der Waals surface area contributed by atoms with E-state index < -0.39 is 0 Å². The molecular weight excluding hydrogens is 397 g/mol. The summed E-state index contributed by atoms with van der Waals surface area (Å²) >= 11 is 0. The number of guanidine groups is 1. The van der Waals surface area contributed by atoms with Crippen LogP contribution in [0.15, 0.2) is 47.5 Å². The third-order valence-corrected chi connectivity index (χ3v) is 4.60. The van der Waals surface area contributed by atoms with Crippen molar-refractivity contribution in [3.63, 3.8) is 0 Å². The predicted molar refractivity (Wildman–Crippen MR) is 110 cm³/mol. The fourth-order valence-electron chi connectivity index (χ4n) is 3.00. The minimum absolute atomic E-state index is 0. The molecule has 0 saturated carbocycles. The molecule has 3 rings (SSSR count). The Labute approximate surface area is 156 Å². The molecule has 1 aliphatic heterocycles. The molecule has 0 spiro atoms. The second-order valence-corrected chi connectivity index (χ2v) is 6.91. The van der Waals surface area contributed by atoms with Crippen molar-refractivity contribution < 1.29 is 0 Å². The highest BCUT2D eigenvalue weighted by molar-refractivity contribution is 14.0. The number of rotatable bonds is 3. The van der Waals surface area contributed by atoms with Gasteiger partial charge in [-0.3, -0.25) is 4.99 Å². The van der Waals surface area contributed by atoms with Crippen LogP contribution in [-0.4, -0.2) is 49.5 Å². The predicted octanol–water partition coefficient (Wildman–Crippen LogP) is 3.97. The highest BCUT2D eigenvalue weighted by Gasteiger charge is 2.24. The van der Waals surface area contributed by atoms with Crippen LogP contribution in [0.25, 0.3) is 10.8 Å². The lowest BCUT2D eigenvalue weighted by atomic mass is 9.84. The molecule has 1 fully saturated rings. The maximum Gasteiger partial charge on any atom is 0.196 e. The van der Waals surface area contributed by atoms with Crippen molar-refractivity contribution in [3.8, 4) is 0 Å². The van der Waals surface area contributed by atoms with E-state index in [4.69, 9.17) is 4.99 Å². The molecule has 0 radical (unpaired) electrons. The highest BCUT2D eigenvalue weighted by Crippen LogP contribution is 2.27. The summed E-state index contributed by atoms with van der Waals surface area (Å²) in [6.45, 7) is 7.47. The van der Waals surface area contributed by atoms with E-state index in [1.165, 1.54) is 16.3 Å². The molecule has 0 amide bonds. The number of hydrogen-bond donors (Lipinski definition) is 0. The first-order chi connectivity index (χ1) is 10.5. The topological polar surface area (TPSA) is 18.8 Å². The Morgan fingerprint density at radius 3 is 2.22 bits per heavy atom. The molecule has 2 aromatic carbocycles. The summed E-state index contributed by atoms with van der Waals surface area (Å²) in [5, 5.41) is 2.60. The lowest BCUT2D eigenvalue weighted by molar-refractivity contribution is 0.515. The van der Waals surface area contributed by atoms with Crippen LogP contribution >= 0.6 is 24.0 Å². The summed E-state index contributed by atoms with van der Waals surface area (Å²) in [7, 11) is 4.23. The fourth-order valence-corrected chi connectivity index (χ4v) is 3.00. The van der Waals surface area contributed by atoms with Gasteiger partial charge in [-0.25, -0.2) is 0 Å². The third kappa shape index (κ3) is 3.79. The van der Waals surface area contributed by atoms with E-state index in [2.05, 4.69) is 80.2 Å². The van der Waals surface area contributed by atoms with Crippen LogP contribution in [0, 0.1) is 0 Å². The summed E-state index contributed by atoms with van der Waals surface area (Å²) < 4.78 is 0. The number of fused-ring (bicyclic) bond motifs is 1. The van der Waals surface area contributed by atoms with E-state index in [0.29, 0.717) is 0 Å². The maximum atomic E-state index is 4.88. The van der Waals surface area contributed by atoms with Crippen molar-refractivity contribution in [3.05, 3.63) is 48.0 Å². The Hall–Kier alpha value is -1.30. The average Bonchev–Trinajstić information content (AvgIpc) is 2.83. The summed E-state index contributed by atoms with van der Waals surface area (Å²) in [6.07, 6.45) is 0. The summed E-state index contributed by atoms with van der Waals surface area (Å²) in [4.78, 5) is 9.35. The number of likely N-dealkylation sites (N-methyl/N-ethyl adjacent to an activating group) is 2. The van der Waals surface area contributed by atoms with Gasteiger partial charge in [-0.1, -0.05) is 56.3 Å². The molecule has 2 aromatic rings. The van der Waals surface area contributed by atoms with Crippen molar-refractivity contribution in [1.29, 1.82) is 0 Å². The van der Waals surface area contributed by atoms with E-state index in [9.17, 15) is 0 Å². The van der Waals surface area contributed by atoms with Gasteiger partial charge in [-0.05, 0) is 16.3 Å². The van der Waals surface area contributed by atoms with Crippen molar-refractivity contribution in [1.82, 2.24) is 9.80 Å². The smallest absolute Gasteiger partial charge is 0.196 e. The van der Waals surface area contributed by atoms with Crippen molar-refractivity contribution in [2.75, 3.05) is 33.7 Å². The summed E-state index contributed by atoms with van der Waals surface area (Å²) in [5.74, 6) is 1.11. The monoisotopic (exact) mass is 423 g/mol. The zero-order chi connectivity index (χ0) is 15.7. The molecule has 4 heteroatoms. The van der Waals surface area contributed by atoms with Crippen LogP contribution in [0.1, 0.15) is 19.4 Å². The molecule has 124 valence electrons. The van der Waals surface area contributed by atoms with Crippen molar-refractivity contribution in [2.24, 2.45) is 4.99 Å². The van der Waals surface area contributed by atoms with Crippen LogP contribution in [0.2, 0.25) is 0 Å². The van der Waals surface area contributed by atoms with Gasteiger partial charge in [0.05, 0.1) is 6.54 Å².